The largest absolute Gasteiger partial charge is 0.454 e. The minimum atomic E-state index is -0.787. The molecule has 2 aliphatic rings. The first kappa shape index (κ1) is 19.1. The van der Waals surface area contributed by atoms with Crippen LogP contribution in [0.25, 0.3) is 0 Å². The number of halogens is 1. The number of esters is 1. The third-order valence-electron chi connectivity index (χ3n) is 4.65. The molecule has 0 aromatic heterocycles. The van der Waals surface area contributed by atoms with E-state index in [9.17, 15) is 19.2 Å². The highest BCUT2D eigenvalue weighted by atomic mass is 35.5. The van der Waals surface area contributed by atoms with Gasteiger partial charge in [-0.2, -0.15) is 0 Å². The van der Waals surface area contributed by atoms with E-state index in [1.54, 1.807) is 24.3 Å². The first-order valence-electron chi connectivity index (χ1n) is 8.62. The molecule has 27 heavy (non-hydrogen) atoms. The van der Waals surface area contributed by atoms with Gasteiger partial charge in [-0.25, -0.2) is 0 Å². The molecule has 1 aliphatic carbocycles. The van der Waals surface area contributed by atoms with Crippen LogP contribution in [-0.4, -0.2) is 41.7 Å². The summed E-state index contributed by atoms with van der Waals surface area (Å²) in [5.41, 5.74) is 0.851. The van der Waals surface area contributed by atoms with Crippen molar-refractivity contribution >= 4 is 35.3 Å². The normalized spacial score (nSPS) is 21.1. The number of likely N-dealkylation sites (tertiary alicyclic amines) is 1. The third-order valence-corrected chi connectivity index (χ3v) is 4.91. The quantitative estimate of drug-likeness (QED) is 0.451. The Morgan fingerprint density at radius 3 is 2.26 bits per heavy atom. The third kappa shape index (κ3) is 4.54. The molecule has 0 radical (unpaired) electrons. The number of ether oxygens (including phenoxy) is 1. The molecule has 2 unspecified atom stereocenters. The highest BCUT2D eigenvalue weighted by Gasteiger charge is 2.47. The van der Waals surface area contributed by atoms with Crippen LogP contribution in [-0.2, 0) is 30.5 Å². The maximum Gasteiger partial charge on any atom is 0.326 e. The molecule has 1 saturated heterocycles. The summed E-state index contributed by atoms with van der Waals surface area (Å²) < 4.78 is 4.89. The lowest BCUT2D eigenvalue weighted by molar-refractivity contribution is -0.154. The van der Waals surface area contributed by atoms with Gasteiger partial charge in [0, 0.05) is 11.6 Å². The highest BCUT2D eigenvalue weighted by molar-refractivity contribution is 6.30. The maximum atomic E-state index is 12.3. The van der Waals surface area contributed by atoms with E-state index in [-0.39, 0.29) is 18.4 Å². The number of nitrogens with zero attached hydrogens (tertiary/aromatic N) is 1. The van der Waals surface area contributed by atoms with Gasteiger partial charge >= 0.3 is 5.97 Å². The molecule has 1 aromatic rings. The first-order chi connectivity index (χ1) is 13.0. The van der Waals surface area contributed by atoms with E-state index in [1.165, 1.54) is 0 Å². The summed E-state index contributed by atoms with van der Waals surface area (Å²) in [5.74, 6) is -2.74. The molecule has 1 aromatic carbocycles. The standard InChI is InChI=1S/C19H19ClN2O5/c20-13-7-5-12(6-8-13)9-21-16(23)11-27-17(24)10-22-18(25)14-3-1-2-4-15(14)19(22)26/h1-2,5-8,14-15H,3-4,9-11H2,(H,21,23). The van der Waals surface area contributed by atoms with Crippen molar-refractivity contribution in [3.8, 4) is 0 Å². The number of benzene rings is 1. The van der Waals surface area contributed by atoms with Gasteiger partial charge in [0.05, 0.1) is 11.8 Å². The van der Waals surface area contributed by atoms with Crippen molar-refractivity contribution in [1.29, 1.82) is 0 Å². The lowest BCUT2D eigenvalue weighted by atomic mass is 9.85. The van der Waals surface area contributed by atoms with Crippen molar-refractivity contribution in [2.24, 2.45) is 11.8 Å². The van der Waals surface area contributed by atoms with Gasteiger partial charge in [-0.3, -0.25) is 24.1 Å². The molecule has 1 aliphatic heterocycles. The molecule has 2 atom stereocenters. The number of allylic oxidation sites excluding steroid dienone is 2. The summed E-state index contributed by atoms with van der Waals surface area (Å²) in [6.45, 7) is -0.667. The molecule has 0 bridgehead atoms. The molecule has 7 nitrogen and oxygen atoms in total. The van der Waals surface area contributed by atoms with Crippen molar-refractivity contribution in [1.82, 2.24) is 10.2 Å². The molecule has 3 rings (SSSR count). The molecule has 1 heterocycles. The van der Waals surface area contributed by atoms with E-state index < -0.39 is 36.9 Å². The number of rotatable bonds is 6. The zero-order chi connectivity index (χ0) is 19.4. The average molecular weight is 391 g/mol. The highest BCUT2D eigenvalue weighted by Crippen LogP contribution is 2.34. The fraction of sp³-hybridized carbons (Fsp3) is 0.368. The second-order valence-electron chi connectivity index (χ2n) is 6.48. The molecule has 142 valence electrons. The number of fused-ring (bicyclic) bond motifs is 1. The minimum Gasteiger partial charge on any atom is -0.454 e. The smallest absolute Gasteiger partial charge is 0.326 e. The van der Waals surface area contributed by atoms with Crippen LogP contribution in [0.15, 0.2) is 36.4 Å². The van der Waals surface area contributed by atoms with Gasteiger partial charge in [0.2, 0.25) is 11.8 Å². The summed E-state index contributed by atoms with van der Waals surface area (Å²) in [6, 6.07) is 6.96. The second kappa shape index (κ2) is 8.35. The lowest BCUT2D eigenvalue weighted by Crippen LogP contribution is -2.38. The summed E-state index contributed by atoms with van der Waals surface area (Å²) in [4.78, 5) is 49.2. The number of amides is 3. The molecular weight excluding hydrogens is 372 g/mol. The Bertz CT molecular complexity index is 764. The van der Waals surface area contributed by atoms with Crippen LogP contribution in [0.1, 0.15) is 18.4 Å². The van der Waals surface area contributed by atoms with Gasteiger partial charge < -0.3 is 10.1 Å². The van der Waals surface area contributed by atoms with Gasteiger partial charge in [0.15, 0.2) is 6.61 Å². The van der Waals surface area contributed by atoms with Crippen LogP contribution in [0.3, 0.4) is 0 Å². The zero-order valence-electron chi connectivity index (χ0n) is 14.5. The van der Waals surface area contributed by atoms with E-state index in [0.29, 0.717) is 17.9 Å². The Kier molecular flexibility index (Phi) is 5.91. The average Bonchev–Trinajstić information content (AvgIpc) is 2.91. The molecule has 0 spiro atoms. The van der Waals surface area contributed by atoms with E-state index in [0.717, 1.165) is 10.5 Å². The Morgan fingerprint density at radius 1 is 1.07 bits per heavy atom. The Hall–Kier alpha value is -2.67. The summed E-state index contributed by atoms with van der Waals surface area (Å²) in [5, 5.41) is 3.21. The summed E-state index contributed by atoms with van der Waals surface area (Å²) >= 11 is 5.79. The molecule has 8 heteroatoms. The first-order valence-corrected chi connectivity index (χ1v) is 9.00. The Labute approximate surface area is 161 Å². The fourth-order valence-corrected chi connectivity index (χ4v) is 3.33. The monoisotopic (exact) mass is 390 g/mol. The van der Waals surface area contributed by atoms with Crippen LogP contribution < -0.4 is 5.32 Å². The Balaban J connectivity index is 1.43. The number of carbonyl (C=O) groups excluding carboxylic acids is 4. The molecule has 3 amide bonds. The SMILES string of the molecule is O=C(COC(=O)CN1C(=O)C2CC=CCC2C1=O)NCc1ccc(Cl)cc1. The van der Waals surface area contributed by atoms with E-state index in [2.05, 4.69) is 5.32 Å². The van der Waals surface area contributed by atoms with Crippen LogP contribution in [0.2, 0.25) is 5.02 Å². The van der Waals surface area contributed by atoms with Crippen molar-refractivity contribution < 1.29 is 23.9 Å². The van der Waals surface area contributed by atoms with E-state index in [4.69, 9.17) is 16.3 Å². The van der Waals surface area contributed by atoms with Crippen LogP contribution in [0, 0.1) is 11.8 Å². The molecule has 0 saturated carbocycles. The number of carbonyl (C=O) groups is 4. The van der Waals surface area contributed by atoms with Gasteiger partial charge in [-0.15, -0.1) is 0 Å². The topological polar surface area (TPSA) is 92.8 Å². The van der Waals surface area contributed by atoms with Gasteiger partial charge in [-0.05, 0) is 30.5 Å². The zero-order valence-corrected chi connectivity index (χ0v) is 15.3. The number of imide groups is 1. The minimum absolute atomic E-state index is 0.271. The van der Waals surface area contributed by atoms with Gasteiger partial charge in [0.25, 0.3) is 5.91 Å². The number of hydrogen-bond donors (Lipinski definition) is 1. The van der Waals surface area contributed by atoms with Crippen molar-refractivity contribution in [2.75, 3.05) is 13.2 Å². The second-order valence-corrected chi connectivity index (χ2v) is 6.92. The lowest BCUT2D eigenvalue weighted by Gasteiger charge is -2.14. The molecule has 1 fully saturated rings. The van der Waals surface area contributed by atoms with Crippen LogP contribution in [0.4, 0.5) is 0 Å². The number of hydrogen-bond acceptors (Lipinski definition) is 5. The summed E-state index contributed by atoms with van der Waals surface area (Å²) in [6.07, 6.45) is 4.76. The van der Waals surface area contributed by atoms with Crippen molar-refractivity contribution in [2.45, 2.75) is 19.4 Å². The predicted octanol–water partition coefficient (Wildman–Crippen LogP) is 1.45. The summed E-state index contributed by atoms with van der Waals surface area (Å²) in [7, 11) is 0. The van der Waals surface area contributed by atoms with E-state index >= 15 is 0 Å². The Morgan fingerprint density at radius 2 is 1.67 bits per heavy atom. The van der Waals surface area contributed by atoms with E-state index in [1.807, 2.05) is 12.2 Å². The van der Waals surface area contributed by atoms with Gasteiger partial charge in [-0.1, -0.05) is 35.9 Å². The predicted molar refractivity (Wildman–Crippen MR) is 96.3 cm³/mol. The maximum absolute atomic E-state index is 12.3. The van der Waals surface area contributed by atoms with Crippen molar-refractivity contribution in [3.63, 3.8) is 0 Å². The van der Waals surface area contributed by atoms with Crippen LogP contribution >= 0.6 is 11.6 Å². The fourth-order valence-electron chi connectivity index (χ4n) is 3.20. The molecule has 1 N–H and O–H groups in total. The van der Waals surface area contributed by atoms with Crippen molar-refractivity contribution in [3.05, 3.63) is 47.0 Å². The number of nitrogens with one attached hydrogen (secondary N) is 1. The molecular formula is C19H19ClN2O5. The van der Waals surface area contributed by atoms with Crippen LogP contribution in [0.5, 0.6) is 0 Å². The van der Waals surface area contributed by atoms with Gasteiger partial charge in [0.1, 0.15) is 6.54 Å².